The lowest BCUT2D eigenvalue weighted by atomic mass is 9.95. The summed E-state index contributed by atoms with van der Waals surface area (Å²) in [5.41, 5.74) is 4.25. The number of para-hydroxylation sites is 1. The maximum atomic E-state index is 9.39. The maximum absolute atomic E-state index is 9.39. The summed E-state index contributed by atoms with van der Waals surface area (Å²) >= 11 is 1.61. The van der Waals surface area contributed by atoms with E-state index in [1.54, 1.807) is 18.9 Å². The minimum atomic E-state index is 0.695. The van der Waals surface area contributed by atoms with E-state index in [0.717, 1.165) is 34.9 Å². The van der Waals surface area contributed by atoms with Crippen molar-refractivity contribution in [1.82, 2.24) is 4.98 Å². The summed E-state index contributed by atoms with van der Waals surface area (Å²) in [5.74, 6) is 1.64. The van der Waals surface area contributed by atoms with Crippen molar-refractivity contribution in [2.45, 2.75) is 36.5 Å². The van der Waals surface area contributed by atoms with Crippen LogP contribution in [-0.4, -0.2) is 12.1 Å². The molecule has 0 unspecified atom stereocenters. The first-order valence-electron chi connectivity index (χ1n) is 7.49. The maximum Gasteiger partial charge on any atom is 0.122 e. The summed E-state index contributed by atoms with van der Waals surface area (Å²) in [6.45, 7) is 0. The van der Waals surface area contributed by atoms with Crippen LogP contribution in [0.5, 0.6) is 5.75 Å². The number of benzene rings is 1. The number of hydrogen-bond acceptors (Lipinski definition) is 4. The van der Waals surface area contributed by atoms with Gasteiger partial charge in [-0.15, -0.1) is 11.8 Å². The van der Waals surface area contributed by atoms with E-state index in [1.807, 2.05) is 24.3 Å². The highest BCUT2D eigenvalue weighted by atomic mass is 32.2. The highest BCUT2D eigenvalue weighted by Crippen LogP contribution is 2.31. The minimum Gasteiger partial charge on any atom is -0.496 e. The van der Waals surface area contributed by atoms with Gasteiger partial charge in [-0.1, -0.05) is 18.2 Å². The van der Waals surface area contributed by atoms with Crippen LogP contribution in [0.1, 0.15) is 35.2 Å². The minimum absolute atomic E-state index is 0.695. The number of thioether (sulfide) groups is 1. The van der Waals surface area contributed by atoms with Crippen LogP contribution >= 0.6 is 11.8 Å². The van der Waals surface area contributed by atoms with Gasteiger partial charge in [0, 0.05) is 17.0 Å². The predicted molar refractivity (Wildman–Crippen MR) is 88.1 cm³/mol. The smallest absolute Gasteiger partial charge is 0.122 e. The zero-order valence-electron chi connectivity index (χ0n) is 12.6. The van der Waals surface area contributed by atoms with Crippen LogP contribution in [-0.2, 0) is 18.6 Å². The number of hydrogen-bond donors (Lipinski definition) is 0. The predicted octanol–water partition coefficient (Wildman–Crippen LogP) is 4.13. The van der Waals surface area contributed by atoms with E-state index in [9.17, 15) is 5.26 Å². The SMILES string of the molecule is COc1ccccc1CSc1nc2c(cc1C#N)CCCC2. The molecule has 0 radical (unpaired) electrons. The molecule has 1 aromatic heterocycles. The lowest BCUT2D eigenvalue weighted by Crippen LogP contribution is -2.07. The first kappa shape index (κ1) is 14.9. The van der Waals surface area contributed by atoms with Crippen LogP contribution in [0.2, 0.25) is 0 Å². The van der Waals surface area contributed by atoms with E-state index in [-0.39, 0.29) is 0 Å². The fourth-order valence-corrected chi connectivity index (χ4v) is 3.74. The Hall–Kier alpha value is -1.99. The van der Waals surface area contributed by atoms with Gasteiger partial charge in [-0.3, -0.25) is 0 Å². The summed E-state index contributed by atoms with van der Waals surface area (Å²) in [5, 5.41) is 10.2. The second-order valence-corrected chi connectivity index (χ2v) is 6.33. The Labute approximate surface area is 135 Å². The Balaban J connectivity index is 1.84. The first-order chi connectivity index (χ1) is 10.8. The summed E-state index contributed by atoms with van der Waals surface area (Å²) in [4.78, 5) is 4.75. The van der Waals surface area contributed by atoms with Gasteiger partial charge in [0.25, 0.3) is 0 Å². The summed E-state index contributed by atoms with van der Waals surface area (Å²) in [7, 11) is 1.68. The first-order valence-corrected chi connectivity index (χ1v) is 8.48. The van der Waals surface area contributed by atoms with Gasteiger partial charge in [-0.2, -0.15) is 5.26 Å². The molecule has 1 aromatic carbocycles. The average molecular weight is 310 g/mol. The van der Waals surface area contributed by atoms with E-state index in [1.165, 1.54) is 24.1 Å². The van der Waals surface area contributed by atoms with Crippen LogP contribution in [0.4, 0.5) is 0 Å². The molecule has 1 heterocycles. The Kier molecular flexibility index (Phi) is 4.65. The quantitative estimate of drug-likeness (QED) is 0.796. The molecule has 112 valence electrons. The molecule has 3 rings (SSSR count). The monoisotopic (exact) mass is 310 g/mol. The van der Waals surface area contributed by atoms with Crippen LogP contribution < -0.4 is 4.74 Å². The van der Waals surface area contributed by atoms with Crippen LogP contribution in [0, 0.1) is 11.3 Å². The van der Waals surface area contributed by atoms with Gasteiger partial charge in [0.1, 0.15) is 16.8 Å². The van der Waals surface area contributed by atoms with Crippen LogP contribution in [0.3, 0.4) is 0 Å². The summed E-state index contributed by atoms with van der Waals surface area (Å²) < 4.78 is 5.38. The van der Waals surface area contributed by atoms with Gasteiger partial charge in [-0.25, -0.2) is 4.98 Å². The lowest BCUT2D eigenvalue weighted by Gasteiger charge is -2.16. The molecule has 3 nitrogen and oxygen atoms in total. The Bertz CT molecular complexity index is 722. The molecule has 0 amide bonds. The topological polar surface area (TPSA) is 45.9 Å². The molecule has 22 heavy (non-hydrogen) atoms. The molecule has 0 saturated carbocycles. The zero-order valence-corrected chi connectivity index (χ0v) is 13.4. The molecule has 0 atom stereocenters. The number of pyridine rings is 1. The molecule has 1 aliphatic rings. The Morgan fingerprint density at radius 3 is 2.91 bits per heavy atom. The average Bonchev–Trinajstić information content (AvgIpc) is 2.59. The fourth-order valence-electron chi connectivity index (χ4n) is 2.77. The molecule has 1 aliphatic carbocycles. The van der Waals surface area contributed by atoms with Crippen molar-refractivity contribution < 1.29 is 4.74 Å². The molecule has 0 N–H and O–H groups in total. The largest absolute Gasteiger partial charge is 0.496 e. The van der Waals surface area contributed by atoms with E-state index in [0.29, 0.717) is 5.56 Å². The number of nitriles is 1. The third-order valence-corrected chi connectivity index (χ3v) is 4.98. The van der Waals surface area contributed by atoms with Gasteiger partial charge >= 0.3 is 0 Å². The highest BCUT2D eigenvalue weighted by Gasteiger charge is 2.16. The van der Waals surface area contributed by atoms with E-state index < -0.39 is 0 Å². The van der Waals surface area contributed by atoms with Crippen molar-refractivity contribution in [2.24, 2.45) is 0 Å². The number of nitrogens with zero attached hydrogens (tertiary/aromatic N) is 2. The van der Waals surface area contributed by atoms with Crippen molar-refractivity contribution in [3.05, 3.63) is 52.7 Å². The zero-order chi connectivity index (χ0) is 15.4. The molecular formula is C18H18N2OS. The van der Waals surface area contributed by atoms with Crippen molar-refractivity contribution in [1.29, 1.82) is 5.26 Å². The van der Waals surface area contributed by atoms with Gasteiger partial charge in [0.05, 0.1) is 12.7 Å². The molecule has 0 fully saturated rings. The molecule has 0 bridgehead atoms. The van der Waals surface area contributed by atoms with E-state index in [2.05, 4.69) is 12.1 Å². The van der Waals surface area contributed by atoms with Gasteiger partial charge < -0.3 is 4.74 Å². The van der Waals surface area contributed by atoms with Crippen molar-refractivity contribution in [2.75, 3.05) is 7.11 Å². The Morgan fingerprint density at radius 1 is 1.27 bits per heavy atom. The standard InChI is InChI=1S/C18H18N2OS/c1-21-17-9-5-3-7-14(17)12-22-18-15(11-19)10-13-6-2-4-8-16(13)20-18/h3,5,7,9-10H,2,4,6,8,12H2,1H3. The molecule has 4 heteroatoms. The van der Waals surface area contributed by atoms with Gasteiger partial charge in [0.2, 0.25) is 0 Å². The third kappa shape index (κ3) is 3.10. The number of methoxy groups -OCH3 is 1. The third-order valence-electron chi connectivity index (χ3n) is 3.94. The Morgan fingerprint density at radius 2 is 2.09 bits per heavy atom. The van der Waals surface area contributed by atoms with E-state index >= 15 is 0 Å². The van der Waals surface area contributed by atoms with Crippen molar-refractivity contribution >= 4 is 11.8 Å². The van der Waals surface area contributed by atoms with Crippen LogP contribution in [0.15, 0.2) is 35.4 Å². The fraction of sp³-hybridized carbons (Fsp3) is 0.333. The molecule has 2 aromatic rings. The highest BCUT2D eigenvalue weighted by molar-refractivity contribution is 7.98. The number of aromatic nitrogens is 1. The normalized spacial score (nSPS) is 13.3. The second-order valence-electron chi connectivity index (χ2n) is 5.37. The lowest BCUT2D eigenvalue weighted by molar-refractivity contribution is 0.411. The molecule has 0 aliphatic heterocycles. The summed E-state index contributed by atoms with van der Waals surface area (Å²) in [6, 6.07) is 12.3. The van der Waals surface area contributed by atoms with E-state index in [4.69, 9.17) is 9.72 Å². The summed E-state index contributed by atoms with van der Waals surface area (Å²) in [6.07, 6.45) is 4.48. The number of rotatable bonds is 4. The van der Waals surface area contributed by atoms with Gasteiger partial charge in [0.15, 0.2) is 0 Å². The van der Waals surface area contributed by atoms with Gasteiger partial charge in [-0.05, 0) is 43.4 Å². The number of aryl methyl sites for hydroxylation is 2. The molecule has 0 spiro atoms. The van der Waals surface area contributed by atoms with Crippen molar-refractivity contribution in [3.63, 3.8) is 0 Å². The molecule has 0 saturated heterocycles. The second kappa shape index (κ2) is 6.85. The van der Waals surface area contributed by atoms with Crippen molar-refractivity contribution in [3.8, 4) is 11.8 Å². The van der Waals surface area contributed by atoms with Crippen LogP contribution in [0.25, 0.3) is 0 Å². The number of fused-ring (bicyclic) bond motifs is 1. The molecular weight excluding hydrogens is 292 g/mol. The number of ether oxygens (including phenoxy) is 1.